The summed E-state index contributed by atoms with van der Waals surface area (Å²) < 4.78 is 0. The first-order chi connectivity index (χ1) is 16.3. The first-order valence-corrected chi connectivity index (χ1v) is 11.4. The summed E-state index contributed by atoms with van der Waals surface area (Å²) in [5.74, 6) is 0. The number of anilines is 2. The fourth-order valence-corrected chi connectivity index (χ4v) is 5.11. The van der Waals surface area contributed by atoms with Gasteiger partial charge >= 0.3 is 0 Å². The molecule has 7 rings (SSSR count). The van der Waals surface area contributed by atoms with Crippen molar-refractivity contribution in [1.29, 1.82) is 0 Å². The van der Waals surface area contributed by atoms with Crippen LogP contribution in [0, 0.1) is 0 Å². The third-order valence-corrected chi connectivity index (χ3v) is 6.81. The van der Waals surface area contributed by atoms with E-state index in [1.807, 2.05) is 0 Å². The van der Waals surface area contributed by atoms with E-state index in [4.69, 9.17) is 0 Å². The molecule has 5 aromatic rings. The van der Waals surface area contributed by atoms with Gasteiger partial charge in [0.2, 0.25) is 0 Å². The summed E-state index contributed by atoms with van der Waals surface area (Å²) in [4.78, 5) is 2.29. The molecule has 0 spiro atoms. The van der Waals surface area contributed by atoms with Crippen LogP contribution in [-0.2, 0) is 0 Å². The second-order valence-corrected chi connectivity index (χ2v) is 8.76. The maximum Gasteiger partial charge on any atom is 0.123 e. The monoisotopic (exact) mass is 422 g/mol. The average Bonchev–Trinajstić information content (AvgIpc) is 3.26. The molecule has 156 valence electrons. The number of nitrogens with zero attached hydrogens (tertiary/aromatic N) is 1. The molecule has 2 aliphatic rings. The molecule has 33 heavy (non-hydrogen) atoms. The van der Waals surface area contributed by atoms with Crippen LogP contribution in [0.2, 0.25) is 0 Å². The summed E-state index contributed by atoms with van der Waals surface area (Å²) in [6, 6.07) is 35.4. The number of allylic oxidation sites excluding steroid dienone is 2. The van der Waals surface area contributed by atoms with Gasteiger partial charge in [0.25, 0.3) is 0 Å². The number of fused-ring (bicyclic) bond motifs is 6. The third-order valence-electron chi connectivity index (χ3n) is 6.81. The van der Waals surface area contributed by atoms with Crippen LogP contribution in [0.1, 0.15) is 0 Å². The summed E-state index contributed by atoms with van der Waals surface area (Å²) in [5.41, 5.74) is 7.39. The Morgan fingerprint density at radius 1 is 0.576 bits per heavy atom. The van der Waals surface area contributed by atoms with Gasteiger partial charge in [0, 0.05) is 6.20 Å². The maximum atomic E-state index is 3.57. The van der Waals surface area contributed by atoms with Crippen molar-refractivity contribution in [3.63, 3.8) is 0 Å². The van der Waals surface area contributed by atoms with Crippen LogP contribution in [0.25, 0.3) is 43.8 Å². The van der Waals surface area contributed by atoms with Crippen molar-refractivity contribution in [2.75, 3.05) is 10.2 Å². The standard InChI is InChI=1S/C31H22N2/c1-2-6-21(7-3-1)22-11-14-27-25(18-22)9-10-26-19-23(12-15-28(26)27)24-13-16-29-30(20-24)33-17-5-4-8-31(33)32-29/h1-20,31-32H. The SMILES string of the molecule is C1=CC2Nc3ccc(-c4ccc5c(ccc6cc(-c7ccccc7)ccc65)c4)cc3N2C=C1. The minimum atomic E-state index is 0.212. The highest BCUT2D eigenvalue weighted by molar-refractivity contribution is 6.09. The minimum Gasteiger partial charge on any atom is -0.360 e. The summed E-state index contributed by atoms with van der Waals surface area (Å²) in [6.45, 7) is 0. The van der Waals surface area contributed by atoms with E-state index in [1.165, 1.54) is 55.2 Å². The molecule has 0 bridgehead atoms. The molecule has 0 fully saturated rings. The molecular formula is C31H22N2. The molecule has 0 radical (unpaired) electrons. The first-order valence-electron chi connectivity index (χ1n) is 11.4. The molecule has 0 aliphatic carbocycles. The molecule has 1 N–H and O–H groups in total. The number of nitrogens with one attached hydrogen (secondary N) is 1. The van der Waals surface area contributed by atoms with Gasteiger partial charge < -0.3 is 10.2 Å². The van der Waals surface area contributed by atoms with Crippen LogP contribution >= 0.6 is 0 Å². The van der Waals surface area contributed by atoms with E-state index in [-0.39, 0.29) is 6.17 Å². The summed E-state index contributed by atoms with van der Waals surface area (Å²) >= 11 is 0. The van der Waals surface area contributed by atoms with E-state index in [0.717, 1.165) is 0 Å². The Labute approximate surface area is 193 Å². The summed E-state index contributed by atoms with van der Waals surface area (Å²) in [6.07, 6.45) is 8.72. The van der Waals surface area contributed by atoms with Gasteiger partial charge in [-0.25, -0.2) is 0 Å². The Morgan fingerprint density at radius 2 is 1.24 bits per heavy atom. The van der Waals surface area contributed by atoms with E-state index in [2.05, 4.69) is 132 Å². The lowest BCUT2D eigenvalue weighted by Gasteiger charge is -2.22. The second-order valence-electron chi connectivity index (χ2n) is 8.76. The second kappa shape index (κ2) is 7.11. The summed E-state index contributed by atoms with van der Waals surface area (Å²) in [7, 11) is 0. The topological polar surface area (TPSA) is 15.3 Å². The molecule has 2 nitrogen and oxygen atoms in total. The largest absolute Gasteiger partial charge is 0.360 e. The van der Waals surface area contributed by atoms with Gasteiger partial charge in [0.1, 0.15) is 6.17 Å². The quantitative estimate of drug-likeness (QED) is 0.290. The van der Waals surface area contributed by atoms with Gasteiger partial charge in [-0.3, -0.25) is 0 Å². The molecule has 2 heteroatoms. The van der Waals surface area contributed by atoms with Crippen molar-refractivity contribution < 1.29 is 0 Å². The lowest BCUT2D eigenvalue weighted by Crippen LogP contribution is -2.30. The molecule has 0 amide bonds. The van der Waals surface area contributed by atoms with E-state index < -0.39 is 0 Å². The maximum absolute atomic E-state index is 3.57. The molecular weight excluding hydrogens is 400 g/mol. The lowest BCUT2D eigenvalue weighted by molar-refractivity contribution is 0.908. The Bertz CT molecular complexity index is 1590. The first kappa shape index (κ1) is 18.3. The van der Waals surface area contributed by atoms with Crippen LogP contribution < -0.4 is 10.2 Å². The normalized spacial score (nSPS) is 16.1. The molecule has 2 aliphatic heterocycles. The van der Waals surface area contributed by atoms with Crippen LogP contribution in [0.4, 0.5) is 11.4 Å². The molecule has 5 aromatic carbocycles. The highest BCUT2D eigenvalue weighted by atomic mass is 15.3. The fourth-order valence-electron chi connectivity index (χ4n) is 5.11. The van der Waals surface area contributed by atoms with E-state index in [1.54, 1.807) is 0 Å². The third kappa shape index (κ3) is 2.95. The lowest BCUT2D eigenvalue weighted by atomic mass is 9.95. The molecule has 0 saturated carbocycles. The molecule has 0 aromatic heterocycles. The Morgan fingerprint density at radius 3 is 2.00 bits per heavy atom. The van der Waals surface area contributed by atoms with E-state index in [0.29, 0.717) is 0 Å². The number of rotatable bonds is 2. The van der Waals surface area contributed by atoms with Crippen molar-refractivity contribution in [3.8, 4) is 22.3 Å². The highest BCUT2D eigenvalue weighted by Gasteiger charge is 2.26. The number of benzene rings is 5. The van der Waals surface area contributed by atoms with Crippen molar-refractivity contribution in [1.82, 2.24) is 0 Å². The highest BCUT2D eigenvalue weighted by Crippen LogP contribution is 2.40. The smallest absolute Gasteiger partial charge is 0.123 e. The van der Waals surface area contributed by atoms with Crippen molar-refractivity contribution >= 4 is 32.9 Å². The number of hydrogen-bond acceptors (Lipinski definition) is 2. The van der Waals surface area contributed by atoms with Crippen molar-refractivity contribution in [2.45, 2.75) is 6.17 Å². The van der Waals surface area contributed by atoms with Crippen LogP contribution in [-0.4, -0.2) is 6.17 Å². The van der Waals surface area contributed by atoms with Gasteiger partial charge in [0.05, 0.1) is 11.4 Å². The van der Waals surface area contributed by atoms with Crippen LogP contribution in [0.5, 0.6) is 0 Å². The van der Waals surface area contributed by atoms with E-state index in [9.17, 15) is 0 Å². The van der Waals surface area contributed by atoms with Crippen LogP contribution in [0.15, 0.2) is 121 Å². The summed E-state index contributed by atoms with van der Waals surface area (Å²) in [5, 5.41) is 8.70. The van der Waals surface area contributed by atoms with Gasteiger partial charge in [-0.1, -0.05) is 78.9 Å². The zero-order valence-corrected chi connectivity index (χ0v) is 18.1. The van der Waals surface area contributed by atoms with Gasteiger partial charge in [-0.05, 0) is 80.2 Å². The minimum absolute atomic E-state index is 0.212. The Hall–Kier alpha value is -4.30. The van der Waals surface area contributed by atoms with Crippen LogP contribution in [0.3, 0.4) is 0 Å². The Kier molecular flexibility index (Phi) is 3.94. The van der Waals surface area contributed by atoms with Crippen molar-refractivity contribution in [2.24, 2.45) is 0 Å². The molecule has 1 unspecified atom stereocenters. The molecule has 1 atom stereocenters. The number of hydrogen-bond donors (Lipinski definition) is 1. The predicted molar refractivity (Wildman–Crippen MR) is 140 cm³/mol. The predicted octanol–water partition coefficient (Wildman–Crippen LogP) is 7.97. The zero-order chi connectivity index (χ0) is 21.8. The molecule has 0 saturated heterocycles. The zero-order valence-electron chi connectivity index (χ0n) is 18.1. The van der Waals surface area contributed by atoms with Gasteiger partial charge in [-0.2, -0.15) is 0 Å². The van der Waals surface area contributed by atoms with E-state index >= 15 is 0 Å². The average molecular weight is 423 g/mol. The van der Waals surface area contributed by atoms with Gasteiger partial charge in [0.15, 0.2) is 0 Å². The Balaban J connectivity index is 1.30. The molecule has 2 heterocycles. The van der Waals surface area contributed by atoms with Gasteiger partial charge in [-0.15, -0.1) is 0 Å². The van der Waals surface area contributed by atoms with Crippen molar-refractivity contribution in [3.05, 3.63) is 121 Å². The fraction of sp³-hybridized carbons (Fsp3) is 0.0323.